The van der Waals surface area contributed by atoms with Gasteiger partial charge in [0.2, 0.25) is 17.7 Å². The van der Waals surface area contributed by atoms with Gasteiger partial charge in [-0.3, -0.25) is 62.1 Å². The van der Waals surface area contributed by atoms with Crippen LogP contribution in [0.25, 0.3) is 97.5 Å². The van der Waals surface area contributed by atoms with Crippen LogP contribution in [0.3, 0.4) is 0 Å². The number of hydrogen-bond acceptors (Lipinski definition) is 29. The van der Waals surface area contributed by atoms with Gasteiger partial charge in [0.15, 0.2) is 102 Å². The van der Waals surface area contributed by atoms with Crippen molar-refractivity contribution in [3.63, 3.8) is 0 Å². The lowest BCUT2D eigenvalue weighted by Gasteiger charge is -2.09. The quantitative estimate of drug-likeness (QED) is 0.0524. The maximum atomic E-state index is 12.7. The van der Waals surface area contributed by atoms with Crippen LogP contribution < -0.4 is 37.8 Å². The normalized spacial score (nSPS) is 18.0. The van der Waals surface area contributed by atoms with Crippen molar-refractivity contribution in [2.75, 3.05) is 14.2 Å². The average molecular weight is 1880 g/mol. The third kappa shape index (κ3) is 21.3. The van der Waals surface area contributed by atoms with E-state index in [0.29, 0.717) is 88.6 Å². The summed E-state index contributed by atoms with van der Waals surface area (Å²) < 4.78 is 115. The van der Waals surface area contributed by atoms with Gasteiger partial charge in [-0.15, -0.1) is 0 Å². The largest absolute Gasteiger partial charge is 0.481 e. The van der Waals surface area contributed by atoms with Gasteiger partial charge in [-0.25, -0.2) is 93.2 Å². The summed E-state index contributed by atoms with van der Waals surface area (Å²) in [6, 6.07) is 21.1. The lowest BCUT2D eigenvalue weighted by molar-refractivity contribution is -0.115. The summed E-state index contributed by atoms with van der Waals surface area (Å²) in [5.41, 5.74) is 11.4. The van der Waals surface area contributed by atoms with Crippen LogP contribution >= 0.6 is 23.2 Å². The first-order chi connectivity index (χ1) is 61.7. The fraction of sp³-hybridized carbons (Fsp3) is 0.0897. The van der Waals surface area contributed by atoms with Crippen LogP contribution in [0.5, 0.6) is 11.8 Å². The molecule has 19 heterocycles. The first-order valence-corrected chi connectivity index (χ1v) is 44.4. The van der Waals surface area contributed by atoms with Crippen molar-refractivity contribution in [2.45, 2.75) is 32.6 Å². The average Bonchev–Trinajstić information content (AvgIpc) is 0.942. The molecule has 646 valence electrons. The van der Waals surface area contributed by atoms with Crippen LogP contribution in [0.2, 0.25) is 10.3 Å². The third-order valence-electron chi connectivity index (χ3n) is 17.7. The molecule has 13 aromatic heterocycles. The standard InChI is InChI=1S/C20H17N5O3S.C13H7ClN4O2S.C12H9ClN4O3S.C11H7FN4O2S.2C11H9N5O2S/c1-28-20-15(14-10-22-25(11-14)19-8-18(26)24-29(19)27)5-7-17(23-20)13-4-6-16(21-9-13)12-2-3-12;14-11-4-3-9(6-15-11)1-2-10-7-16-18(8-10)13-5-12(19)17-21(13)20;1-20-12-8(2-3-9(13)15-12)7-5-14-17(6-7)11-4-10(18)16-21(11)19;12-9-2-1-7(4-13-9)8-5-14-16(6-8)11-3-10(17)15-19(11)18;1-7-12-3-2-9(14-7)8-5-13-16(6-8)11-4-10(17)15-19(11)18;1-7-2-3-12-11(14-7)8-5-13-16(6-8)10-4-9(17)15-19(10)18/h4-12H,2-3H2,1H3,(H,24,26);3-8H,(H,17,19);2-6H,1H3,(H,16,18);1-6H,(H,15,17);2*2-6H,1H3,(H,15,17). The van der Waals surface area contributed by atoms with Gasteiger partial charge in [-0.1, -0.05) is 35.0 Å². The van der Waals surface area contributed by atoms with Crippen molar-refractivity contribution in [3.05, 3.63) is 259 Å². The molecule has 6 atom stereocenters. The van der Waals surface area contributed by atoms with Gasteiger partial charge in [0.1, 0.15) is 16.1 Å². The Kier molecular flexibility index (Phi) is 26.8. The Balaban J connectivity index is 0.000000119. The van der Waals surface area contributed by atoms with Crippen LogP contribution in [0.4, 0.5) is 4.39 Å². The number of aromatic nitrogens is 21. The zero-order valence-electron chi connectivity index (χ0n) is 65.9. The van der Waals surface area contributed by atoms with Crippen molar-refractivity contribution < 1.29 is 67.9 Å². The first-order valence-electron chi connectivity index (χ1n) is 36.8. The number of ether oxygens (including phenoxy) is 2. The number of pyridine rings is 5. The monoisotopic (exact) mass is 1880 g/mol. The number of methoxy groups -OCH3 is 2. The van der Waals surface area contributed by atoms with Gasteiger partial charge in [-0.05, 0) is 99.5 Å². The van der Waals surface area contributed by atoms with Gasteiger partial charge in [-0.2, -0.15) is 35.0 Å². The van der Waals surface area contributed by atoms with E-state index in [1.54, 1.807) is 137 Å². The number of halogens is 3. The fourth-order valence-corrected chi connectivity index (χ4v) is 16.9. The minimum Gasteiger partial charge on any atom is -0.481 e. The maximum Gasteiger partial charge on any atom is 0.258 e. The number of nitrogens with one attached hydrogen (secondary N) is 6. The molecule has 6 aliphatic heterocycles. The molecule has 41 nitrogen and oxygen atoms in total. The van der Waals surface area contributed by atoms with E-state index in [4.69, 9.17) is 32.7 Å². The van der Waals surface area contributed by atoms with Crippen LogP contribution in [0.1, 0.15) is 47.1 Å². The molecule has 128 heavy (non-hydrogen) atoms. The molecule has 1 aliphatic carbocycles. The van der Waals surface area contributed by atoms with Crippen LogP contribution in [0, 0.1) is 31.6 Å². The van der Waals surface area contributed by atoms with E-state index >= 15 is 0 Å². The second-order valence-corrected chi connectivity index (χ2v) is 34.3. The van der Waals surface area contributed by atoms with E-state index < -0.39 is 101 Å². The Hall–Kier alpha value is -15.0. The molecule has 1 saturated carbocycles. The molecule has 6 amide bonds. The molecule has 6 N–H and O–H groups in total. The summed E-state index contributed by atoms with van der Waals surface area (Å²) in [5.74, 6) is 5.44. The second-order valence-electron chi connectivity index (χ2n) is 26.5. The van der Waals surface area contributed by atoms with Crippen LogP contribution in [0.15, 0.2) is 215 Å². The van der Waals surface area contributed by atoms with Crippen LogP contribution in [-0.2, 0) is 94.7 Å². The topological polar surface area (TPSA) is 518 Å². The summed E-state index contributed by atoms with van der Waals surface area (Å²) in [6.45, 7) is 3.66. The van der Waals surface area contributed by atoms with Gasteiger partial charge in [0, 0.05) is 172 Å². The Labute approximate surface area is 746 Å². The Morgan fingerprint density at radius 2 is 0.797 bits per heavy atom. The molecule has 6 unspecified atom stereocenters. The van der Waals surface area contributed by atoms with Crippen molar-refractivity contribution >= 4 is 155 Å². The van der Waals surface area contributed by atoms with E-state index in [1.807, 2.05) is 31.3 Å². The number of carbonyl (C=O) groups excluding carboxylic acids is 6. The van der Waals surface area contributed by atoms with E-state index in [2.05, 4.69) is 122 Å². The van der Waals surface area contributed by atoms with Gasteiger partial charge < -0.3 is 9.47 Å². The number of rotatable bonds is 15. The molecular formula is C78H58Cl2FN27O14S6. The molecule has 0 spiro atoms. The Morgan fingerprint density at radius 3 is 1.25 bits per heavy atom. The van der Waals surface area contributed by atoms with E-state index in [-0.39, 0.29) is 26.0 Å². The van der Waals surface area contributed by atoms with E-state index in [9.17, 15) is 58.4 Å². The van der Waals surface area contributed by atoms with Crippen LogP contribution in [-0.4, -0.2) is 178 Å². The summed E-state index contributed by atoms with van der Waals surface area (Å²) in [4.78, 5) is 104. The molecule has 0 saturated heterocycles. The number of carbonyl (C=O) groups is 6. The summed E-state index contributed by atoms with van der Waals surface area (Å²) in [5, 5.41) is 27.0. The highest BCUT2D eigenvalue weighted by atomic mass is 35.5. The predicted molar refractivity (Wildman–Crippen MR) is 466 cm³/mol. The molecule has 0 aromatic carbocycles. The van der Waals surface area contributed by atoms with Crippen molar-refractivity contribution in [2.24, 2.45) is 0 Å². The summed E-state index contributed by atoms with van der Waals surface area (Å²) >= 11 is 11.5. The number of nitrogens with zero attached hydrogens (tertiary/aromatic N) is 21. The molecule has 1 fully saturated rings. The highest BCUT2D eigenvalue weighted by molar-refractivity contribution is 7.95. The molecule has 7 aliphatic rings. The SMILES string of the molecule is COc1nc(-c2ccc(C3CC3)nc2)ccc1-c1cnn(C2=CC(=O)NS2=O)c1.COc1nc(Cl)ccc1-c1cnn(C2=CC(=O)NS2=O)c1.Cc1ccnc(-c2cnn(C3=CC(=O)NS3=O)c2)n1.Cc1nccc(-c2cnn(C3=CC(=O)NS3=O)c2)n1.O=C1C=C(n2cc(-c3ccc(F)nc3)cn2)S(=O)N1.O=C1C=C(n2cc(C#Cc3ccc(Cl)nc3)cn2)S(=O)N1. The van der Waals surface area contributed by atoms with Gasteiger partial charge in [0.25, 0.3) is 35.4 Å². The minimum absolute atomic E-state index is 0.256. The molecule has 0 radical (unpaired) electrons. The summed E-state index contributed by atoms with van der Waals surface area (Å²) in [7, 11) is -6.48. The van der Waals surface area contributed by atoms with Crippen molar-refractivity contribution in [3.8, 4) is 90.9 Å². The van der Waals surface area contributed by atoms with Gasteiger partial charge in [0.05, 0.1) is 73.9 Å². The zero-order valence-corrected chi connectivity index (χ0v) is 72.3. The minimum atomic E-state index is -1.61. The Bertz CT molecular complexity index is 6950. The van der Waals surface area contributed by atoms with E-state index in [0.717, 1.165) is 45.0 Å². The first kappa shape index (κ1) is 87.9. The highest BCUT2D eigenvalue weighted by Crippen LogP contribution is 2.40. The van der Waals surface area contributed by atoms with Crippen molar-refractivity contribution in [1.29, 1.82) is 0 Å². The van der Waals surface area contributed by atoms with E-state index in [1.165, 1.54) is 109 Å². The lowest BCUT2D eigenvalue weighted by Crippen LogP contribution is -2.17. The number of hydrogen-bond donors (Lipinski definition) is 6. The van der Waals surface area contributed by atoms with Gasteiger partial charge >= 0.3 is 0 Å². The molecule has 13 aromatic rings. The Morgan fingerprint density at radius 1 is 0.375 bits per heavy atom. The van der Waals surface area contributed by atoms with Crippen molar-refractivity contribution in [1.82, 2.24) is 132 Å². The number of amides is 6. The third-order valence-corrected chi connectivity index (χ3v) is 24.6. The predicted octanol–water partition coefficient (Wildman–Crippen LogP) is 5.76. The zero-order chi connectivity index (χ0) is 90.0. The molecular weight excluding hydrogens is 1820 g/mol. The smallest absolute Gasteiger partial charge is 0.258 e. The number of aryl methyl sites for hydroxylation is 2. The lowest BCUT2D eigenvalue weighted by atomic mass is 10.1. The highest BCUT2D eigenvalue weighted by Gasteiger charge is 2.30. The second kappa shape index (κ2) is 39.0. The molecule has 50 heteroatoms. The molecule has 20 rings (SSSR count). The maximum absolute atomic E-state index is 12.7. The molecule has 0 bridgehead atoms. The fourth-order valence-electron chi connectivity index (χ4n) is 11.6. The summed E-state index contributed by atoms with van der Waals surface area (Å²) in [6.07, 6.45) is 37.2.